The molecule has 0 radical (unpaired) electrons. The minimum absolute atomic E-state index is 0.0246. The molecule has 0 aliphatic rings. The van der Waals surface area contributed by atoms with Gasteiger partial charge in [-0.05, 0) is 48.0 Å². The lowest BCUT2D eigenvalue weighted by atomic mass is 10.0. The van der Waals surface area contributed by atoms with Crippen LogP contribution in [0.25, 0.3) is 33.6 Å². The molecule has 270 valence electrons. The van der Waals surface area contributed by atoms with Crippen LogP contribution in [-0.4, -0.2) is 15.0 Å². The minimum Gasteiger partial charge on any atom is -0.332 e. The molecule has 2 N–H and O–H groups in total. The zero-order valence-electron chi connectivity index (χ0n) is 25.4. The Kier molecular flexibility index (Phi) is 9.45. The van der Waals surface area contributed by atoms with Gasteiger partial charge in [-0.2, -0.15) is 52.7 Å². The van der Waals surface area contributed by atoms with E-state index in [0.29, 0.717) is 57.9 Å². The van der Waals surface area contributed by atoms with E-state index in [0.717, 1.165) is 22.7 Å². The highest BCUT2D eigenvalue weighted by molar-refractivity contribution is 7.14. The van der Waals surface area contributed by atoms with Crippen LogP contribution in [0.2, 0.25) is 0 Å². The molecule has 3 aromatic carbocycles. The van der Waals surface area contributed by atoms with Crippen molar-refractivity contribution in [3.05, 3.63) is 112 Å². The first-order chi connectivity index (χ1) is 24.2. The van der Waals surface area contributed by atoms with Crippen molar-refractivity contribution < 1.29 is 52.7 Å². The number of thiazole rings is 2. The molecule has 3 aromatic heterocycles. The van der Waals surface area contributed by atoms with Crippen LogP contribution in [0, 0.1) is 0 Å². The van der Waals surface area contributed by atoms with Crippen LogP contribution in [0.4, 0.5) is 74.3 Å². The van der Waals surface area contributed by atoms with Gasteiger partial charge < -0.3 is 10.6 Å². The number of aromatic nitrogens is 3. The Hall–Kier alpha value is -5.17. The van der Waals surface area contributed by atoms with Crippen molar-refractivity contribution in [3.8, 4) is 33.6 Å². The van der Waals surface area contributed by atoms with Crippen molar-refractivity contribution in [3.63, 3.8) is 0 Å². The Balaban J connectivity index is 1.18. The van der Waals surface area contributed by atoms with Crippen LogP contribution in [0.5, 0.6) is 0 Å². The summed E-state index contributed by atoms with van der Waals surface area (Å²) in [5.74, 6) is 0. The van der Waals surface area contributed by atoms with Gasteiger partial charge in [0.25, 0.3) is 0 Å². The zero-order valence-corrected chi connectivity index (χ0v) is 27.0. The van der Waals surface area contributed by atoms with Gasteiger partial charge in [0, 0.05) is 51.2 Å². The predicted octanol–water partition coefficient (Wildman–Crippen LogP) is 12.6. The summed E-state index contributed by atoms with van der Waals surface area (Å²) in [6.07, 6.45) is -17.0. The number of benzene rings is 3. The number of hydrogen-bond donors (Lipinski definition) is 2. The third-order valence-corrected chi connectivity index (χ3v) is 8.75. The first-order valence-electron chi connectivity index (χ1n) is 14.3. The fourth-order valence-corrected chi connectivity index (χ4v) is 6.28. The van der Waals surface area contributed by atoms with Gasteiger partial charge >= 0.3 is 24.7 Å². The fourth-order valence-electron chi connectivity index (χ4n) is 4.80. The van der Waals surface area contributed by atoms with E-state index in [1.165, 1.54) is 6.20 Å². The summed E-state index contributed by atoms with van der Waals surface area (Å²) in [7, 11) is 0. The van der Waals surface area contributed by atoms with Gasteiger partial charge in [-0.15, -0.1) is 22.7 Å². The Labute approximate surface area is 292 Å². The molecule has 0 bridgehead atoms. The van der Waals surface area contributed by atoms with Crippen LogP contribution < -0.4 is 10.6 Å². The molecule has 0 aliphatic carbocycles. The first-order valence-corrected chi connectivity index (χ1v) is 16.1. The smallest absolute Gasteiger partial charge is 0.332 e. The zero-order chi connectivity index (χ0) is 37.6. The van der Waals surface area contributed by atoms with E-state index in [1.807, 2.05) is 0 Å². The predicted molar refractivity (Wildman–Crippen MR) is 171 cm³/mol. The quantitative estimate of drug-likeness (QED) is 0.158. The lowest BCUT2D eigenvalue weighted by Gasteiger charge is -2.14. The molecule has 6 rings (SSSR count). The number of nitrogens with zero attached hydrogens (tertiary/aromatic N) is 3. The Morgan fingerprint density at radius 1 is 0.423 bits per heavy atom. The molecule has 0 unspecified atom stereocenters. The van der Waals surface area contributed by atoms with E-state index in [9.17, 15) is 52.7 Å². The summed E-state index contributed by atoms with van der Waals surface area (Å²) in [6.45, 7) is 0. The summed E-state index contributed by atoms with van der Waals surface area (Å²) >= 11 is 1.92. The minimum atomic E-state index is -5.01. The Bertz CT molecular complexity index is 2150. The molecule has 0 atom stereocenters. The van der Waals surface area contributed by atoms with Gasteiger partial charge in [-0.1, -0.05) is 24.3 Å². The molecule has 0 spiro atoms. The van der Waals surface area contributed by atoms with Gasteiger partial charge in [0.05, 0.1) is 33.6 Å². The third-order valence-electron chi connectivity index (χ3n) is 7.23. The maximum absolute atomic E-state index is 13.3. The van der Waals surface area contributed by atoms with Crippen molar-refractivity contribution in [1.82, 2.24) is 15.0 Å². The molecular weight excluding hydrogens is 759 g/mol. The maximum atomic E-state index is 13.3. The number of alkyl halides is 12. The van der Waals surface area contributed by atoms with E-state index in [1.54, 1.807) is 47.3 Å². The topological polar surface area (TPSA) is 62.7 Å². The van der Waals surface area contributed by atoms with Crippen molar-refractivity contribution >= 4 is 44.3 Å². The van der Waals surface area contributed by atoms with Gasteiger partial charge in [0.1, 0.15) is 0 Å². The molecule has 0 saturated heterocycles. The highest BCUT2D eigenvalue weighted by Gasteiger charge is 2.38. The van der Waals surface area contributed by atoms with Crippen LogP contribution in [-0.2, 0) is 24.7 Å². The van der Waals surface area contributed by atoms with Crippen LogP contribution >= 0.6 is 22.7 Å². The van der Waals surface area contributed by atoms with Gasteiger partial charge in [-0.25, -0.2) is 9.97 Å². The van der Waals surface area contributed by atoms with Crippen LogP contribution in [0.15, 0.2) is 89.9 Å². The summed E-state index contributed by atoms with van der Waals surface area (Å²) in [4.78, 5) is 12.8. The molecule has 19 heteroatoms. The van der Waals surface area contributed by atoms with E-state index in [2.05, 4.69) is 25.6 Å². The average Bonchev–Trinajstić information content (AvgIpc) is 3.73. The molecule has 5 nitrogen and oxygen atoms in total. The van der Waals surface area contributed by atoms with E-state index >= 15 is 0 Å². The van der Waals surface area contributed by atoms with E-state index < -0.39 is 58.3 Å². The largest absolute Gasteiger partial charge is 0.416 e. The molecule has 3 heterocycles. The molecule has 0 amide bonds. The second kappa shape index (κ2) is 13.4. The molecule has 0 saturated carbocycles. The molecule has 52 heavy (non-hydrogen) atoms. The second-order valence-corrected chi connectivity index (χ2v) is 12.7. The highest BCUT2D eigenvalue weighted by Crippen LogP contribution is 2.41. The van der Waals surface area contributed by atoms with Gasteiger partial charge in [0.15, 0.2) is 10.3 Å². The summed E-state index contributed by atoms with van der Waals surface area (Å²) in [5, 5.41) is 8.20. The van der Waals surface area contributed by atoms with Gasteiger partial charge in [-0.3, -0.25) is 4.98 Å². The number of halogens is 12. The molecule has 0 aliphatic heterocycles. The summed E-state index contributed by atoms with van der Waals surface area (Å²) < 4.78 is 159. The third kappa shape index (κ3) is 8.47. The van der Waals surface area contributed by atoms with Crippen LogP contribution in [0.3, 0.4) is 0 Å². The standard InChI is InChI=1S/C33H17F12N5S2/c34-30(35,36)20-6-21(31(37,38)39)9-24(8-20)47-28-49-26(14-51-28)17-3-1-16(2-4-17)18-5-19(13-46-12-18)27-15-52-29(50-27)48-25-10-22(32(40,41)42)7-23(11-25)33(43,44)45/h1-15H,(H,47,49)(H,48,50). The highest BCUT2D eigenvalue weighted by atomic mass is 32.1. The number of rotatable bonds is 7. The average molecular weight is 776 g/mol. The summed E-state index contributed by atoms with van der Waals surface area (Å²) in [5.41, 5.74) is -3.71. The number of pyridine rings is 1. The monoisotopic (exact) mass is 775 g/mol. The summed E-state index contributed by atoms with van der Waals surface area (Å²) in [6, 6.07) is 10.8. The van der Waals surface area contributed by atoms with Crippen LogP contribution in [0.1, 0.15) is 22.3 Å². The van der Waals surface area contributed by atoms with Crippen molar-refractivity contribution in [1.29, 1.82) is 0 Å². The maximum Gasteiger partial charge on any atom is 0.416 e. The lowest BCUT2D eigenvalue weighted by molar-refractivity contribution is -0.144. The lowest BCUT2D eigenvalue weighted by Crippen LogP contribution is -2.11. The molecule has 0 fully saturated rings. The van der Waals surface area contributed by atoms with E-state index in [-0.39, 0.29) is 22.4 Å². The molecule has 6 aromatic rings. The Morgan fingerprint density at radius 3 is 1.19 bits per heavy atom. The molecular formula is C33H17F12N5S2. The van der Waals surface area contributed by atoms with Gasteiger partial charge in [0.2, 0.25) is 0 Å². The first kappa shape index (κ1) is 36.6. The van der Waals surface area contributed by atoms with Crippen molar-refractivity contribution in [2.45, 2.75) is 24.7 Å². The number of anilines is 4. The van der Waals surface area contributed by atoms with Crippen molar-refractivity contribution in [2.24, 2.45) is 0 Å². The Morgan fingerprint density at radius 2 is 0.788 bits per heavy atom. The number of hydrogen-bond acceptors (Lipinski definition) is 7. The SMILES string of the molecule is FC(F)(F)c1cc(Nc2nc(-c3ccc(-c4cncc(-c5csc(Nc6cc(C(F)(F)F)cc(C(F)(F)F)c6)n5)c4)cc3)cs2)cc(C(F)(F)F)c1. The second-order valence-electron chi connectivity index (χ2n) is 11.0. The fraction of sp³-hybridized carbons (Fsp3) is 0.121. The van der Waals surface area contributed by atoms with E-state index in [4.69, 9.17) is 0 Å². The normalized spacial score (nSPS) is 12.6. The van der Waals surface area contributed by atoms with Crippen molar-refractivity contribution in [2.75, 3.05) is 10.6 Å². The number of nitrogens with one attached hydrogen (secondary N) is 2.